The van der Waals surface area contributed by atoms with Gasteiger partial charge in [-0.15, -0.1) is 35.3 Å². The number of likely N-dealkylation sites (tertiary alicyclic amines) is 1. The van der Waals surface area contributed by atoms with E-state index in [2.05, 4.69) is 46.3 Å². The Labute approximate surface area is 168 Å². The summed E-state index contributed by atoms with van der Waals surface area (Å²) in [6.07, 6.45) is 7.35. The molecule has 0 amide bonds. The van der Waals surface area contributed by atoms with Crippen LogP contribution in [0.25, 0.3) is 0 Å². The van der Waals surface area contributed by atoms with Crippen LogP contribution in [0.4, 0.5) is 0 Å². The first-order valence-electron chi connectivity index (χ1n) is 8.93. The van der Waals surface area contributed by atoms with Gasteiger partial charge in [0.25, 0.3) is 0 Å². The van der Waals surface area contributed by atoms with Crippen LogP contribution in [0, 0.1) is 12.3 Å². The standard InChI is InChI=1S/C18H32N4S.HI/c1-5-9-18(3)10-7-12-22(14-18)17(19-4)20-11-6-8-16-21-15(2)13-23-16;/h13H,5-12,14H2,1-4H3,(H,19,20);1H. The maximum Gasteiger partial charge on any atom is 0.193 e. The molecule has 2 rings (SSSR count). The molecule has 1 N–H and O–H groups in total. The number of hydrogen-bond acceptors (Lipinski definition) is 3. The molecule has 1 fully saturated rings. The Morgan fingerprint density at radius 1 is 1.50 bits per heavy atom. The molecule has 1 aliphatic heterocycles. The average Bonchev–Trinajstić information content (AvgIpc) is 2.93. The molecule has 1 atom stereocenters. The van der Waals surface area contributed by atoms with Crippen molar-refractivity contribution in [3.05, 3.63) is 16.1 Å². The van der Waals surface area contributed by atoms with Gasteiger partial charge in [-0.2, -0.15) is 0 Å². The summed E-state index contributed by atoms with van der Waals surface area (Å²) in [6, 6.07) is 0. The SMILES string of the molecule is CCCC1(C)CCCN(C(=NC)NCCCc2nc(C)cs2)C1.I. The maximum atomic E-state index is 4.53. The van der Waals surface area contributed by atoms with Gasteiger partial charge in [-0.1, -0.05) is 20.3 Å². The lowest BCUT2D eigenvalue weighted by Crippen LogP contribution is -2.50. The fraction of sp³-hybridized carbons (Fsp3) is 0.778. The smallest absolute Gasteiger partial charge is 0.193 e. The Hall–Kier alpha value is -0.370. The van der Waals surface area contributed by atoms with E-state index < -0.39 is 0 Å². The lowest BCUT2D eigenvalue weighted by atomic mass is 9.78. The summed E-state index contributed by atoms with van der Waals surface area (Å²) < 4.78 is 0. The highest BCUT2D eigenvalue weighted by Gasteiger charge is 2.31. The summed E-state index contributed by atoms with van der Waals surface area (Å²) in [4.78, 5) is 11.5. The Kier molecular flexibility index (Phi) is 9.56. The number of aliphatic imine (C=N–C) groups is 1. The van der Waals surface area contributed by atoms with Crippen LogP contribution in [-0.4, -0.2) is 42.5 Å². The maximum absolute atomic E-state index is 4.53. The second-order valence-electron chi connectivity index (χ2n) is 7.05. The highest BCUT2D eigenvalue weighted by atomic mass is 127. The number of thiazole rings is 1. The molecule has 0 bridgehead atoms. The van der Waals surface area contributed by atoms with Gasteiger partial charge >= 0.3 is 0 Å². The lowest BCUT2D eigenvalue weighted by Gasteiger charge is -2.42. The zero-order valence-corrected chi connectivity index (χ0v) is 18.7. The molecule has 138 valence electrons. The van der Waals surface area contributed by atoms with Gasteiger partial charge in [0.05, 0.1) is 5.01 Å². The van der Waals surface area contributed by atoms with E-state index in [1.165, 1.54) is 30.7 Å². The Morgan fingerprint density at radius 3 is 2.92 bits per heavy atom. The molecular formula is C18H33IN4S. The minimum absolute atomic E-state index is 0. The van der Waals surface area contributed by atoms with Crippen molar-refractivity contribution >= 4 is 41.3 Å². The van der Waals surface area contributed by atoms with Crippen molar-refractivity contribution in [2.24, 2.45) is 10.4 Å². The quantitative estimate of drug-likeness (QED) is 0.292. The van der Waals surface area contributed by atoms with Crippen LogP contribution < -0.4 is 5.32 Å². The van der Waals surface area contributed by atoms with Crippen LogP contribution in [0.2, 0.25) is 0 Å². The number of aromatic nitrogens is 1. The molecule has 4 nitrogen and oxygen atoms in total. The van der Waals surface area contributed by atoms with Gasteiger partial charge in [0.15, 0.2) is 5.96 Å². The minimum atomic E-state index is 0. The van der Waals surface area contributed by atoms with Crippen LogP contribution in [0.1, 0.15) is 56.7 Å². The van der Waals surface area contributed by atoms with Crippen LogP contribution >= 0.6 is 35.3 Å². The molecule has 0 radical (unpaired) electrons. The zero-order valence-electron chi connectivity index (χ0n) is 15.6. The van der Waals surface area contributed by atoms with E-state index in [0.29, 0.717) is 5.41 Å². The molecule has 6 heteroatoms. The molecule has 0 spiro atoms. The second-order valence-corrected chi connectivity index (χ2v) is 7.99. The molecule has 1 aromatic heterocycles. The molecule has 24 heavy (non-hydrogen) atoms. The summed E-state index contributed by atoms with van der Waals surface area (Å²) in [7, 11) is 1.90. The van der Waals surface area contributed by atoms with Gasteiger partial charge in [-0.25, -0.2) is 4.98 Å². The van der Waals surface area contributed by atoms with Gasteiger partial charge in [0.1, 0.15) is 0 Å². The highest BCUT2D eigenvalue weighted by Crippen LogP contribution is 2.33. The monoisotopic (exact) mass is 464 g/mol. The Balaban J connectivity index is 0.00000288. The van der Waals surface area contributed by atoms with Crippen molar-refractivity contribution in [2.45, 2.75) is 59.3 Å². The van der Waals surface area contributed by atoms with Crippen LogP contribution in [0.3, 0.4) is 0 Å². The lowest BCUT2D eigenvalue weighted by molar-refractivity contribution is 0.142. The van der Waals surface area contributed by atoms with E-state index >= 15 is 0 Å². The van der Waals surface area contributed by atoms with Crippen LogP contribution in [0.5, 0.6) is 0 Å². The normalized spacial score (nSPS) is 21.5. The van der Waals surface area contributed by atoms with E-state index in [-0.39, 0.29) is 24.0 Å². The Morgan fingerprint density at radius 2 is 2.29 bits per heavy atom. The minimum Gasteiger partial charge on any atom is -0.356 e. The summed E-state index contributed by atoms with van der Waals surface area (Å²) in [6.45, 7) is 10.0. The number of guanidine groups is 1. The van der Waals surface area contributed by atoms with E-state index in [4.69, 9.17) is 0 Å². The van der Waals surface area contributed by atoms with Crippen molar-refractivity contribution in [2.75, 3.05) is 26.7 Å². The molecule has 1 saturated heterocycles. The first-order valence-corrected chi connectivity index (χ1v) is 9.81. The first-order chi connectivity index (χ1) is 11.1. The molecule has 0 aliphatic carbocycles. The topological polar surface area (TPSA) is 40.5 Å². The fourth-order valence-corrected chi connectivity index (χ4v) is 4.41. The van der Waals surface area contributed by atoms with E-state index in [0.717, 1.165) is 44.1 Å². The predicted octanol–water partition coefficient (Wildman–Crippen LogP) is 4.48. The van der Waals surface area contributed by atoms with E-state index in [1.807, 2.05) is 7.05 Å². The van der Waals surface area contributed by atoms with Crippen molar-refractivity contribution < 1.29 is 0 Å². The number of aryl methyl sites for hydroxylation is 2. The predicted molar refractivity (Wildman–Crippen MR) is 116 cm³/mol. The zero-order chi connectivity index (χ0) is 16.7. The largest absolute Gasteiger partial charge is 0.356 e. The van der Waals surface area contributed by atoms with Gasteiger partial charge in [0, 0.05) is 44.2 Å². The van der Waals surface area contributed by atoms with Crippen molar-refractivity contribution in [3.8, 4) is 0 Å². The number of hydrogen-bond donors (Lipinski definition) is 1. The molecule has 1 aromatic rings. The van der Waals surface area contributed by atoms with Gasteiger partial charge in [0.2, 0.25) is 0 Å². The third-order valence-corrected chi connectivity index (χ3v) is 5.69. The number of rotatable bonds is 6. The van der Waals surface area contributed by atoms with Crippen molar-refractivity contribution in [1.82, 2.24) is 15.2 Å². The molecule has 0 aromatic carbocycles. The van der Waals surface area contributed by atoms with Gasteiger partial charge in [-0.3, -0.25) is 4.99 Å². The summed E-state index contributed by atoms with van der Waals surface area (Å²) in [5.74, 6) is 1.07. The number of piperidine rings is 1. The highest BCUT2D eigenvalue weighted by molar-refractivity contribution is 14.0. The van der Waals surface area contributed by atoms with E-state index in [1.54, 1.807) is 11.3 Å². The van der Waals surface area contributed by atoms with Gasteiger partial charge < -0.3 is 10.2 Å². The summed E-state index contributed by atoms with van der Waals surface area (Å²) >= 11 is 1.77. The van der Waals surface area contributed by atoms with Crippen molar-refractivity contribution in [3.63, 3.8) is 0 Å². The first kappa shape index (κ1) is 21.7. The second kappa shape index (κ2) is 10.6. The van der Waals surface area contributed by atoms with Crippen molar-refractivity contribution in [1.29, 1.82) is 0 Å². The number of nitrogens with one attached hydrogen (secondary N) is 1. The number of halogens is 1. The Bertz CT molecular complexity index is 513. The average molecular weight is 464 g/mol. The molecule has 1 unspecified atom stereocenters. The molecule has 2 heterocycles. The molecule has 0 saturated carbocycles. The fourth-order valence-electron chi connectivity index (χ4n) is 3.59. The summed E-state index contributed by atoms with van der Waals surface area (Å²) in [5, 5.41) is 6.92. The molecular weight excluding hydrogens is 431 g/mol. The number of nitrogens with zero attached hydrogens (tertiary/aromatic N) is 3. The van der Waals surface area contributed by atoms with E-state index in [9.17, 15) is 0 Å². The van der Waals surface area contributed by atoms with Gasteiger partial charge in [-0.05, 0) is 38.0 Å². The molecule has 1 aliphatic rings. The third kappa shape index (κ3) is 6.50. The third-order valence-electron chi connectivity index (χ3n) is 4.66. The van der Waals surface area contributed by atoms with Crippen LogP contribution in [-0.2, 0) is 6.42 Å². The summed E-state index contributed by atoms with van der Waals surface area (Å²) in [5.41, 5.74) is 1.58. The van der Waals surface area contributed by atoms with Crippen LogP contribution in [0.15, 0.2) is 10.4 Å².